The summed E-state index contributed by atoms with van der Waals surface area (Å²) in [4.78, 5) is 0.205. The molecule has 0 amide bonds. The zero-order valence-electron chi connectivity index (χ0n) is 26.5. The van der Waals surface area contributed by atoms with Crippen LogP contribution in [0.2, 0.25) is 0 Å². The molecule has 6 nitrogen and oxygen atoms in total. The first-order valence-corrected chi connectivity index (χ1v) is 19.1. The van der Waals surface area contributed by atoms with Crippen molar-refractivity contribution in [3.63, 3.8) is 0 Å². The van der Waals surface area contributed by atoms with Crippen molar-refractivity contribution in [3.8, 4) is 0 Å². The van der Waals surface area contributed by atoms with Crippen molar-refractivity contribution >= 4 is 31.3 Å². The maximum Gasteiger partial charge on any atom is 0.282 e. The van der Waals surface area contributed by atoms with E-state index >= 15 is 0 Å². The summed E-state index contributed by atoms with van der Waals surface area (Å²) in [6.45, 7) is 4.34. The topological polar surface area (TPSA) is 92.7 Å². The van der Waals surface area contributed by atoms with Crippen LogP contribution in [0.1, 0.15) is 80.5 Å². The minimum atomic E-state index is -4.09. The number of hydrogen-bond acceptors (Lipinski definition) is 4. The van der Waals surface area contributed by atoms with E-state index < -0.39 is 26.0 Å². The number of nitrogens with zero attached hydrogens (tertiary/aromatic N) is 1. The number of benzene rings is 4. The SMILES string of the molecule is CCCCCc1ccc(C2=C(NS(=O)(=O)c3ccccc3)C(c3ccc(CCCCC)cc3)/C2=N\S(=O)(=O)c2ccccc2)cc1. The van der Waals surface area contributed by atoms with E-state index in [4.69, 9.17) is 0 Å². The number of unbranched alkanes of at least 4 members (excludes halogenated alkanes) is 4. The molecule has 0 radical (unpaired) electrons. The van der Waals surface area contributed by atoms with Crippen LogP contribution in [-0.4, -0.2) is 22.5 Å². The lowest BCUT2D eigenvalue weighted by atomic mass is 9.73. The third kappa shape index (κ3) is 7.85. The summed E-state index contributed by atoms with van der Waals surface area (Å²) in [5.41, 5.74) is 5.04. The van der Waals surface area contributed by atoms with Gasteiger partial charge in [-0.15, -0.1) is 0 Å². The predicted molar refractivity (Wildman–Crippen MR) is 187 cm³/mol. The van der Waals surface area contributed by atoms with E-state index in [0.29, 0.717) is 22.5 Å². The Morgan fingerprint density at radius 3 is 1.63 bits per heavy atom. The summed E-state index contributed by atoms with van der Waals surface area (Å²) < 4.78 is 62.0. The van der Waals surface area contributed by atoms with Gasteiger partial charge in [-0.25, -0.2) is 8.42 Å². The van der Waals surface area contributed by atoms with Crippen LogP contribution in [0.4, 0.5) is 0 Å². The van der Waals surface area contributed by atoms with Gasteiger partial charge in [-0.3, -0.25) is 4.72 Å². The molecule has 1 aliphatic rings. The van der Waals surface area contributed by atoms with E-state index in [9.17, 15) is 16.8 Å². The Bertz CT molecular complexity index is 1880. The summed E-state index contributed by atoms with van der Waals surface area (Å²) in [5.74, 6) is -0.694. The molecule has 0 bridgehead atoms. The number of allylic oxidation sites excluding steroid dienone is 2. The minimum Gasteiger partial charge on any atom is -0.282 e. The van der Waals surface area contributed by atoms with Gasteiger partial charge in [-0.1, -0.05) is 124 Å². The highest BCUT2D eigenvalue weighted by molar-refractivity contribution is 7.90. The molecule has 0 spiro atoms. The second kappa shape index (κ2) is 15.1. The second-order valence-corrected chi connectivity index (χ2v) is 15.0. The van der Waals surface area contributed by atoms with Gasteiger partial charge in [-0.05, 0) is 72.2 Å². The number of nitrogens with one attached hydrogen (secondary N) is 1. The van der Waals surface area contributed by atoms with Gasteiger partial charge >= 0.3 is 0 Å². The Morgan fingerprint density at radius 2 is 1.11 bits per heavy atom. The molecule has 0 aromatic heterocycles. The molecule has 0 saturated heterocycles. The van der Waals surface area contributed by atoms with Crippen molar-refractivity contribution in [2.45, 2.75) is 80.9 Å². The summed E-state index contributed by atoms with van der Waals surface area (Å²) in [5, 5.41) is 0. The molecule has 4 aromatic rings. The number of rotatable bonds is 15. The van der Waals surface area contributed by atoms with Crippen molar-refractivity contribution in [2.75, 3.05) is 0 Å². The lowest BCUT2D eigenvalue weighted by molar-refractivity contribution is 0.586. The highest BCUT2D eigenvalue weighted by atomic mass is 32.2. The molecule has 8 heteroatoms. The zero-order valence-corrected chi connectivity index (χ0v) is 28.2. The second-order valence-electron chi connectivity index (χ2n) is 11.8. The predicted octanol–water partition coefficient (Wildman–Crippen LogP) is 8.47. The van der Waals surface area contributed by atoms with E-state index in [2.05, 4.69) is 23.0 Å². The van der Waals surface area contributed by atoms with E-state index in [1.807, 2.05) is 48.5 Å². The molecule has 5 rings (SSSR count). The average molecular weight is 655 g/mol. The normalized spacial score (nSPS) is 16.0. The summed E-state index contributed by atoms with van der Waals surface area (Å²) in [6, 6.07) is 32.3. The van der Waals surface area contributed by atoms with E-state index in [0.717, 1.165) is 56.9 Å². The standard InChI is InChI=1S/C38H42N2O4S2/c1-3-5-9-15-29-21-25-31(26-22-29)35-37(39-45(41,42)33-17-11-7-12-18-33)36(32-27-23-30(24-28-32)16-10-6-4-2)38(35)40-46(43,44)34-19-13-8-14-20-34/h7-8,11-14,17-28,35,39H,3-6,9-10,15-16H2,1-2H3/b40-38+. The van der Waals surface area contributed by atoms with Crippen LogP contribution in [0.5, 0.6) is 0 Å². The fourth-order valence-corrected chi connectivity index (χ4v) is 7.98. The molecule has 0 heterocycles. The zero-order chi connectivity index (χ0) is 32.6. The quantitative estimate of drug-likeness (QED) is 0.130. The molecule has 4 aromatic carbocycles. The number of sulfonamides is 2. The molecule has 240 valence electrons. The van der Waals surface area contributed by atoms with Crippen LogP contribution < -0.4 is 4.72 Å². The van der Waals surface area contributed by atoms with Crippen LogP contribution in [0.25, 0.3) is 5.57 Å². The fraction of sp³-hybridized carbons (Fsp3) is 0.289. The largest absolute Gasteiger partial charge is 0.282 e. The smallest absolute Gasteiger partial charge is 0.282 e. The molecule has 1 unspecified atom stereocenters. The van der Waals surface area contributed by atoms with Gasteiger partial charge < -0.3 is 0 Å². The van der Waals surface area contributed by atoms with Crippen molar-refractivity contribution in [3.05, 3.63) is 137 Å². The maximum atomic E-state index is 13.7. The Morgan fingerprint density at radius 1 is 0.609 bits per heavy atom. The molecule has 0 aliphatic heterocycles. The number of hydrogen-bond donors (Lipinski definition) is 1. The first-order chi connectivity index (χ1) is 22.2. The van der Waals surface area contributed by atoms with Crippen molar-refractivity contribution in [1.82, 2.24) is 4.72 Å². The van der Waals surface area contributed by atoms with E-state index in [-0.39, 0.29) is 9.79 Å². The fourth-order valence-electron chi connectivity index (χ4n) is 5.77. The van der Waals surface area contributed by atoms with Crippen LogP contribution in [0.15, 0.2) is 129 Å². The van der Waals surface area contributed by atoms with Gasteiger partial charge in [0.15, 0.2) is 0 Å². The monoisotopic (exact) mass is 654 g/mol. The Hall–Kier alpha value is -4.01. The van der Waals surface area contributed by atoms with Crippen LogP contribution >= 0.6 is 0 Å². The third-order valence-corrected chi connectivity index (χ3v) is 11.0. The van der Waals surface area contributed by atoms with Crippen molar-refractivity contribution < 1.29 is 16.8 Å². The lowest BCUT2D eigenvalue weighted by Crippen LogP contribution is -2.39. The van der Waals surface area contributed by atoms with Gasteiger partial charge in [0.2, 0.25) is 0 Å². The lowest BCUT2D eigenvalue weighted by Gasteiger charge is -2.36. The van der Waals surface area contributed by atoms with E-state index in [1.165, 1.54) is 23.3 Å². The molecule has 1 N–H and O–H groups in total. The minimum absolute atomic E-state index is 0.0801. The Balaban J connectivity index is 1.65. The summed E-state index contributed by atoms with van der Waals surface area (Å²) >= 11 is 0. The Labute approximate surface area is 274 Å². The molecular formula is C38H42N2O4S2. The molecular weight excluding hydrogens is 613 g/mol. The van der Waals surface area contributed by atoms with Crippen molar-refractivity contribution in [1.29, 1.82) is 0 Å². The van der Waals surface area contributed by atoms with Gasteiger partial charge in [0.25, 0.3) is 20.0 Å². The summed E-state index contributed by atoms with van der Waals surface area (Å²) in [6.07, 6.45) is 8.61. The molecule has 0 saturated carbocycles. The van der Waals surface area contributed by atoms with Gasteiger partial charge in [0.05, 0.1) is 21.4 Å². The van der Waals surface area contributed by atoms with Crippen LogP contribution in [0.3, 0.4) is 0 Å². The van der Waals surface area contributed by atoms with Gasteiger partial charge in [0, 0.05) is 11.3 Å². The van der Waals surface area contributed by atoms with E-state index in [1.54, 1.807) is 48.5 Å². The molecule has 1 aliphatic carbocycles. The van der Waals surface area contributed by atoms with Gasteiger partial charge in [-0.2, -0.15) is 12.8 Å². The van der Waals surface area contributed by atoms with Crippen LogP contribution in [0, 0.1) is 0 Å². The maximum absolute atomic E-state index is 13.7. The molecule has 1 atom stereocenters. The summed E-state index contributed by atoms with van der Waals surface area (Å²) in [7, 11) is -8.07. The first-order valence-electron chi connectivity index (χ1n) is 16.1. The molecule has 0 fully saturated rings. The Kier molecular flexibility index (Phi) is 10.9. The number of aryl methyl sites for hydroxylation is 2. The van der Waals surface area contributed by atoms with Crippen molar-refractivity contribution in [2.24, 2.45) is 4.40 Å². The third-order valence-electron chi connectivity index (χ3n) is 8.34. The molecule has 46 heavy (non-hydrogen) atoms. The highest BCUT2D eigenvalue weighted by Crippen LogP contribution is 2.45. The first kappa shape index (κ1) is 33.4. The van der Waals surface area contributed by atoms with Crippen LogP contribution in [-0.2, 0) is 32.9 Å². The average Bonchev–Trinajstić information content (AvgIpc) is 3.07. The van der Waals surface area contributed by atoms with Gasteiger partial charge in [0.1, 0.15) is 0 Å². The highest BCUT2D eigenvalue weighted by Gasteiger charge is 2.42.